The molecule has 0 aromatic heterocycles. The highest BCUT2D eigenvalue weighted by molar-refractivity contribution is 9.09. The van der Waals surface area contributed by atoms with E-state index in [0.29, 0.717) is 5.92 Å². The van der Waals surface area contributed by atoms with E-state index in [4.69, 9.17) is 0 Å². The molecule has 0 aliphatic rings. The Balaban J connectivity index is 3.65. The highest BCUT2D eigenvalue weighted by Crippen LogP contribution is 2.11. The van der Waals surface area contributed by atoms with Gasteiger partial charge in [-0.2, -0.15) is 0 Å². The number of hydrogen-bond donors (Lipinski definition) is 0. The van der Waals surface area contributed by atoms with Crippen LogP contribution in [-0.4, -0.2) is 36.8 Å². The summed E-state index contributed by atoms with van der Waals surface area (Å²) in [4.78, 5) is 1.70. The molecule has 80 valence electrons. The van der Waals surface area contributed by atoms with Crippen molar-refractivity contribution in [3.8, 4) is 0 Å². The lowest BCUT2D eigenvalue weighted by atomic mass is 10.1. The van der Waals surface area contributed by atoms with Crippen molar-refractivity contribution < 1.29 is 8.78 Å². The van der Waals surface area contributed by atoms with E-state index in [-0.39, 0.29) is 6.54 Å². The molecule has 0 radical (unpaired) electrons. The maximum atomic E-state index is 12.0. The molecule has 0 N–H and O–H groups in total. The molecule has 0 aliphatic carbocycles. The second kappa shape index (κ2) is 7.68. The first-order valence-electron chi connectivity index (χ1n) is 4.62. The predicted molar refractivity (Wildman–Crippen MR) is 55.7 cm³/mol. The minimum absolute atomic E-state index is 0.118. The summed E-state index contributed by atoms with van der Waals surface area (Å²) in [6.07, 6.45) is -0.0138. The smallest absolute Gasteiger partial charge is 0.251 e. The van der Waals surface area contributed by atoms with Crippen molar-refractivity contribution in [2.75, 3.05) is 25.5 Å². The monoisotopic (exact) mass is 257 g/mol. The van der Waals surface area contributed by atoms with Crippen molar-refractivity contribution in [1.82, 2.24) is 4.90 Å². The van der Waals surface area contributed by atoms with Crippen molar-refractivity contribution in [2.45, 2.75) is 26.2 Å². The van der Waals surface area contributed by atoms with Crippen LogP contribution in [0.15, 0.2) is 0 Å². The van der Waals surface area contributed by atoms with Crippen LogP contribution in [-0.2, 0) is 0 Å². The highest BCUT2D eigenvalue weighted by Gasteiger charge is 2.12. The average Bonchev–Trinajstić information content (AvgIpc) is 2.02. The summed E-state index contributed by atoms with van der Waals surface area (Å²) in [7, 11) is 1.75. The van der Waals surface area contributed by atoms with Crippen LogP contribution in [0.2, 0.25) is 0 Å². The van der Waals surface area contributed by atoms with Gasteiger partial charge in [-0.1, -0.05) is 29.3 Å². The zero-order valence-electron chi connectivity index (χ0n) is 8.27. The number of nitrogens with zero attached hydrogens (tertiary/aromatic N) is 1. The Morgan fingerprint density at radius 2 is 1.92 bits per heavy atom. The fourth-order valence-corrected chi connectivity index (χ4v) is 1.90. The molecule has 0 saturated carbocycles. The lowest BCUT2D eigenvalue weighted by molar-refractivity contribution is 0.0941. The first kappa shape index (κ1) is 13.3. The second-order valence-electron chi connectivity index (χ2n) is 3.42. The third-order valence-corrected chi connectivity index (χ3v) is 2.85. The van der Waals surface area contributed by atoms with E-state index in [1.54, 1.807) is 11.9 Å². The quantitative estimate of drug-likeness (QED) is 0.634. The van der Waals surface area contributed by atoms with E-state index in [1.807, 2.05) is 0 Å². The molecule has 0 aromatic carbocycles. The summed E-state index contributed by atoms with van der Waals surface area (Å²) in [5, 5.41) is 0.897. The summed E-state index contributed by atoms with van der Waals surface area (Å²) >= 11 is 3.40. The molecule has 0 saturated heterocycles. The summed E-state index contributed by atoms with van der Waals surface area (Å²) in [5.41, 5.74) is 0. The van der Waals surface area contributed by atoms with Gasteiger partial charge in [0.2, 0.25) is 0 Å². The molecule has 0 heterocycles. The zero-order valence-corrected chi connectivity index (χ0v) is 9.86. The molecule has 0 rings (SSSR count). The number of rotatable bonds is 7. The summed E-state index contributed by atoms with van der Waals surface area (Å²) in [6, 6.07) is 0. The van der Waals surface area contributed by atoms with Gasteiger partial charge >= 0.3 is 0 Å². The first-order valence-corrected chi connectivity index (χ1v) is 5.74. The van der Waals surface area contributed by atoms with Gasteiger partial charge in [-0.05, 0) is 19.4 Å². The Morgan fingerprint density at radius 1 is 1.31 bits per heavy atom. The Kier molecular flexibility index (Phi) is 7.86. The summed E-state index contributed by atoms with van der Waals surface area (Å²) in [6.45, 7) is 2.75. The fraction of sp³-hybridized carbons (Fsp3) is 1.00. The highest BCUT2D eigenvalue weighted by atomic mass is 79.9. The Bertz CT molecular complexity index is 122. The summed E-state index contributed by atoms with van der Waals surface area (Å²) < 4.78 is 23.9. The lowest BCUT2D eigenvalue weighted by Gasteiger charge is -2.21. The van der Waals surface area contributed by atoms with Crippen LogP contribution in [0, 0.1) is 5.92 Å². The number of hydrogen-bond acceptors (Lipinski definition) is 1. The van der Waals surface area contributed by atoms with Crippen LogP contribution < -0.4 is 0 Å². The van der Waals surface area contributed by atoms with E-state index < -0.39 is 6.43 Å². The summed E-state index contributed by atoms with van der Waals surface area (Å²) in [5.74, 6) is 0.494. The van der Waals surface area contributed by atoms with Gasteiger partial charge < -0.3 is 4.90 Å². The van der Waals surface area contributed by atoms with E-state index >= 15 is 0 Å². The standard InChI is InChI=1S/C9H18BrF2N/c1-3-4-8(5-10)6-13(2)7-9(11)12/h8-9H,3-7H2,1-2H3. The normalized spacial score (nSPS) is 14.1. The van der Waals surface area contributed by atoms with Gasteiger partial charge in [0, 0.05) is 11.9 Å². The molecule has 0 aliphatic heterocycles. The fourth-order valence-electron chi connectivity index (χ4n) is 1.38. The molecular weight excluding hydrogens is 240 g/mol. The van der Waals surface area contributed by atoms with Crippen molar-refractivity contribution in [3.05, 3.63) is 0 Å². The van der Waals surface area contributed by atoms with Crippen LogP contribution in [0.3, 0.4) is 0 Å². The Morgan fingerprint density at radius 3 is 2.31 bits per heavy atom. The SMILES string of the molecule is CCCC(CBr)CN(C)CC(F)F. The number of alkyl halides is 3. The maximum absolute atomic E-state index is 12.0. The van der Waals surface area contributed by atoms with Gasteiger partial charge in [0.15, 0.2) is 0 Å². The third-order valence-electron chi connectivity index (χ3n) is 1.93. The predicted octanol–water partition coefficient (Wildman–Crippen LogP) is 2.99. The van der Waals surface area contributed by atoms with Gasteiger partial charge in [-0.15, -0.1) is 0 Å². The third kappa shape index (κ3) is 7.38. The first-order chi connectivity index (χ1) is 6.10. The lowest BCUT2D eigenvalue weighted by Crippen LogP contribution is -2.30. The molecule has 1 unspecified atom stereocenters. The van der Waals surface area contributed by atoms with Gasteiger partial charge in [0.1, 0.15) is 0 Å². The molecule has 0 fully saturated rings. The molecule has 0 aromatic rings. The molecule has 0 bridgehead atoms. The molecule has 4 heteroatoms. The van der Waals surface area contributed by atoms with Crippen LogP contribution in [0.5, 0.6) is 0 Å². The second-order valence-corrected chi connectivity index (χ2v) is 4.07. The molecular formula is C9H18BrF2N. The molecule has 1 nitrogen and oxygen atoms in total. The van der Waals surface area contributed by atoms with E-state index in [9.17, 15) is 8.78 Å². The van der Waals surface area contributed by atoms with Crippen LogP contribution >= 0.6 is 15.9 Å². The van der Waals surface area contributed by atoms with Gasteiger partial charge in [0.25, 0.3) is 6.43 Å². The van der Waals surface area contributed by atoms with E-state index in [0.717, 1.165) is 24.7 Å². The number of halogens is 3. The van der Waals surface area contributed by atoms with Gasteiger partial charge in [0.05, 0.1) is 6.54 Å². The van der Waals surface area contributed by atoms with Crippen LogP contribution in [0.25, 0.3) is 0 Å². The maximum Gasteiger partial charge on any atom is 0.251 e. The van der Waals surface area contributed by atoms with E-state index in [1.165, 1.54) is 0 Å². The molecule has 0 spiro atoms. The minimum Gasteiger partial charge on any atom is -0.301 e. The topological polar surface area (TPSA) is 3.24 Å². The van der Waals surface area contributed by atoms with Crippen LogP contribution in [0.4, 0.5) is 8.78 Å². The van der Waals surface area contributed by atoms with E-state index in [2.05, 4.69) is 22.9 Å². The Labute approximate surface area is 87.6 Å². The zero-order chi connectivity index (χ0) is 10.3. The van der Waals surface area contributed by atoms with Crippen molar-refractivity contribution in [1.29, 1.82) is 0 Å². The van der Waals surface area contributed by atoms with Crippen molar-refractivity contribution >= 4 is 15.9 Å². The molecule has 13 heavy (non-hydrogen) atoms. The largest absolute Gasteiger partial charge is 0.301 e. The van der Waals surface area contributed by atoms with Crippen molar-refractivity contribution in [2.24, 2.45) is 5.92 Å². The minimum atomic E-state index is -2.22. The van der Waals surface area contributed by atoms with Crippen molar-refractivity contribution in [3.63, 3.8) is 0 Å². The van der Waals surface area contributed by atoms with Gasteiger partial charge in [-0.25, -0.2) is 8.78 Å². The molecule has 0 amide bonds. The average molecular weight is 258 g/mol. The molecule has 1 atom stereocenters. The Hall–Kier alpha value is 0.300. The van der Waals surface area contributed by atoms with Gasteiger partial charge in [-0.3, -0.25) is 0 Å². The van der Waals surface area contributed by atoms with Crippen LogP contribution in [0.1, 0.15) is 19.8 Å².